The second kappa shape index (κ2) is 4.63. The van der Waals surface area contributed by atoms with Crippen LogP contribution in [0, 0.1) is 11.6 Å². The van der Waals surface area contributed by atoms with E-state index in [1.54, 1.807) is 0 Å². The van der Waals surface area contributed by atoms with Gasteiger partial charge in [0.05, 0.1) is 5.69 Å². The number of fused-ring (bicyclic) bond motifs is 1. The lowest BCUT2D eigenvalue weighted by Crippen LogP contribution is -1.95. The van der Waals surface area contributed by atoms with Gasteiger partial charge < -0.3 is 0 Å². The standard InChI is InChI=1S/C15H15N3S/c1-3-12-8-15(19)18-14(16-12)9-13(17-18)11-6-4-10(2)5-7-11/h4-9,17H,3H2,1-2H3. The molecule has 0 bridgehead atoms. The molecule has 0 spiro atoms. The molecule has 1 aromatic carbocycles. The minimum absolute atomic E-state index is 0.764. The molecule has 3 nitrogen and oxygen atoms in total. The van der Waals surface area contributed by atoms with Gasteiger partial charge in [-0.15, -0.1) is 0 Å². The van der Waals surface area contributed by atoms with Crippen LogP contribution < -0.4 is 0 Å². The Morgan fingerprint density at radius 2 is 1.95 bits per heavy atom. The summed E-state index contributed by atoms with van der Waals surface area (Å²) in [5.41, 5.74) is 5.33. The molecule has 0 amide bonds. The van der Waals surface area contributed by atoms with E-state index in [2.05, 4.69) is 48.2 Å². The number of aromatic nitrogens is 3. The van der Waals surface area contributed by atoms with Gasteiger partial charge in [-0.1, -0.05) is 49.0 Å². The largest absolute Gasteiger partial charge is 0.291 e. The summed E-state index contributed by atoms with van der Waals surface area (Å²) in [5.74, 6) is 0. The smallest absolute Gasteiger partial charge is 0.155 e. The molecule has 0 atom stereocenters. The lowest BCUT2D eigenvalue weighted by Gasteiger charge is -1.98. The van der Waals surface area contributed by atoms with Crippen molar-refractivity contribution in [1.82, 2.24) is 14.6 Å². The lowest BCUT2D eigenvalue weighted by molar-refractivity contribution is 0.901. The van der Waals surface area contributed by atoms with Crippen LogP contribution in [0.1, 0.15) is 18.2 Å². The second-order valence-corrected chi connectivity index (χ2v) is 5.09. The highest BCUT2D eigenvalue weighted by Gasteiger charge is 2.05. The summed E-state index contributed by atoms with van der Waals surface area (Å²) < 4.78 is 2.61. The van der Waals surface area contributed by atoms with Crippen molar-refractivity contribution in [3.05, 3.63) is 52.3 Å². The zero-order chi connectivity index (χ0) is 13.4. The minimum atomic E-state index is 0.764. The van der Waals surface area contributed by atoms with Crippen molar-refractivity contribution in [2.24, 2.45) is 0 Å². The first-order valence-electron chi connectivity index (χ1n) is 6.36. The van der Waals surface area contributed by atoms with Crippen molar-refractivity contribution in [3.8, 4) is 11.3 Å². The molecule has 3 rings (SSSR count). The molecule has 4 heteroatoms. The summed E-state index contributed by atoms with van der Waals surface area (Å²) in [6, 6.07) is 12.4. The van der Waals surface area contributed by atoms with Crippen molar-refractivity contribution in [2.45, 2.75) is 20.3 Å². The Kier molecular flexibility index (Phi) is 2.95. The maximum absolute atomic E-state index is 5.38. The Morgan fingerprint density at radius 3 is 2.63 bits per heavy atom. The van der Waals surface area contributed by atoms with Crippen molar-refractivity contribution < 1.29 is 0 Å². The van der Waals surface area contributed by atoms with Crippen molar-refractivity contribution in [3.63, 3.8) is 0 Å². The van der Waals surface area contributed by atoms with Gasteiger partial charge in [-0.05, 0) is 25.0 Å². The van der Waals surface area contributed by atoms with Crippen LogP contribution in [0.2, 0.25) is 0 Å². The number of nitrogens with zero attached hydrogens (tertiary/aromatic N) is 2. The molecule has 1 N–H and O–H groups in total. The van der Waals surface area contributed by atoms with Gasteiger partial charge in [0, 0.05) is 11.8 Å². The third-order valence-corrected chi connectivity index (χ3v) is 3.53. The molecule has 19 heavy (non-hydrogen) atoms. The first kappa shape index (κ1) is 12.1. The molecule has 0 aliphatic carbocycles. The van der Waals surface area contributed by atoms with Gasteiger partial charge in [-0.3, -0.25) is 5.10 Å². The third-order valence-electron chi connectivity index (χ3n) is 3.23. The average molecular weight is 269 g/mol. The number of aryl methyl sites for hydroxylation is 2. The fraction of sp³-hybridized carbons (Fsp3) is 0.200. The quantitative estimate of drug-likeness (QED) is 0.715. The normalized spacial score (nSPS) is 11.1. The van der Waals surface area contributed by atoms with E-state index in [4.69, 9.17) is 12.2 Å². The van der Waals surface area contributed by atoms with Gasteiger partial charge in [0.25, 0.3) is 0 Å². The number of hydrogen-bond acceptors (Lipinski definition) is 2. The van der Waals surface area contributed by atoms with Crippen LogP contribution >= 0.6 is 12.2 Å². The van der Waals surface area contributed by atoms with Gasteiger partial charge in [-0.2, -0.15) is 0 Å². The fourth-order valence-electron chi connectivity index (χ4n) is 2.10. The van der Waals surface area contributed by atoms with Gasteiger partial charge >= 0.3 is 0 Å². The minimum Gasteiger partial charge on any atom is -0.291 e. The fourth-order valence-corrected chi connectivity index (χ4v) is 2.38. The number of benzene rings is 1. The molecule has 0 aliphatic rings. The maximum atomic E-state index is 5.38. The van der Waals surface area contributed by atoms with Crippen LogP contribution in [0.25, 0.3) is 16.9 Å². The Morgan fingerprint density at radius 1 is 1.21 bits per heavy atom. The SMILES string of the molecule is CCc1cc(=S)n2[nH]c(-c3ccc(C)cc3)cc2n1. The van der Waals surface area contributed by atoms with Crippen LogP contribution in [0.4, 0.5) is 0 Å². The second-order valence-electron chi connectivity index (χ2n) is 4.67. The van der Waals surface area contributed by atoms with Crippen molar-refractivity contribution in [2.75, 3.05) is 0 Å². The Hall–Kier alpha value is -1.94. The molecule has 0 fully saturated rings. The number of H-pyrrole nitrogens is 1. The number of nitrogens with one attached hydrogen (secondary N) is 1. The first-order chi connectivity index (χ1) is 9.17. The van der Waals surface area contributed by atoms with E-state index in [0.717, 1.165) is 33.7 Å². The predicted octanol–water partition coefficient (Wildman–Crippen LogP) is 3.93. The van der Waals surface area contributed by atoms with E-state index in [1.165, 1.54) is 5.56 Å². The number of aromatic amines is 1. The topological polar surface area (TPSA) is 33.1 Å². The van der Waals surface area contributed by atoms with E-state index in [0.29, 0.717) is 0 Å². The molecule has 0 saturated carbocycles. The molecule has 2 aromatic heterocycles. The molecule has 96 valence electrons. The van der Waals surface area contributed by atoms with Crippen LogP contribution in [0.3, 0.4) is 0 Å². The monoisotopic (exact) mass is 269 g/mol. The molecule has 3 aromatic rings. The predicted molar refractivity (Wildman–Crippen MR) is 79.9 cm³/mol. The van der Waals surface area contributed by atoms with E-state index < -0.39 is 0 Å². The van der Waals surface area contributed by atoms with Crippen LogP contribution in [0.15, 0.2) is 36.4 Å². The van der Waals surface area contributed by atoms with E-state index in [9.17, 15) is 0 Å². The molecule has 0 unspecified atom stereocenters. The van der Waals surface area contributed by atoms with Crippen molar-refractivity contribution >= 4 is 17.9 Å². The van der Waals surface area contributed by atoms with Gasteiger partial charge in [0.15, 0.2) is 5.65 Å². The highest BCUT2D eigenvalue weighted by atomic mass is 32.1. The van der Waals surface area contributed by atoms with Crippen LogP contribution in [-0.2, 0) is 6.42 Å². The Bertz CT molecular complexity index is 781. The number of rotatable bonds is 2. The highest BCUT2D eigenvalue weighted by Crippen LogP contribution is 2.20. The molecule has 0 aliphatic heterocycles. The van der Waals surface area contributed by atoms with E-state index >= 15 is 0 Å². The molecular weight excluding hydrogens is 254 g/mol. The highest BCUT2D eigenvalue weighted by molar-refractivity contribution is 7.71. The van der Waals surface area contributed by atoms with E-state index in [1.807, 2.05) is 16.6 Å². The van der Waals surface area contributed by atoms with Gasteiger partial charge in [0.1, 0.15) is 4.64 Å². The Balaban J connectivity index is 2.18. The zero-order valence-electron chi connectivity index (χ0n) is 11.0. The van der Waals surface area contributed by atoms with Gasteiger partial charge in [-0.25, -0.2) is 9.50 Å². The summed E-state index contributed by atoms with van der Waals surface area (Å²) in [5, 5.41) is 3.30. The molecule has 0 radical (unpaired) electrons. The first-order valence-corrected chi connectivity index (χ1v) is 6.77. The summed E-state index contributed by atoms with van der Waals surface area (Å²) in [6.45, 7) is 4.17. The molecule has 0 saturated heterocycles. The lowest BCUT2D eigenvalue weighted by atomic mass is 10.1. The third kappa shape index (κ3) is 2.19. The average Bonchev–Trinajstić information content (AvgIpc) is 2.84. The number of hydrogen-bond donors (Lipinski definition) is 1. The maximum Gasteiger partial charge on any atom is 0.155 e. The summed E-state index contributed by atoms with van der Waals surface area (Å²) in [7, 11) is 0. The van der Waals surface area contributed by atoms with E-state index in [-0.39, 0.29) is 0 Å². The summed E-state index contributed by atoms with van der Waals surface area (Å²) >= 11 is 5.38. The summed E-state index contributed by atoms with van der Waals surface area (Å²) in [4.78, 5) is 4.58. The Labute approximate surface area is 116 Å². The van der Waals surface area contributed by atoms with Crippen molar-refractivity contribution in [1.29, 1.82) is 0 Å². The molecular formula is C15H15N3S. The van der Waals surface area contributed by atoms with Gasteiger partial charge in [0.2, 0.25) is 0 Å². The van der Waals surface area contributed by atoms with Crippen LogP contribution in [0.5, 0.6) is 0 Å². The van der Waals surface area contributed by atoms with Crippen LogP contribution in [-0.4, -0.2) is 14.6 Å². The molecule has 2 heterocycles. The summed E-state index contributed by atoms with van der Waals surface area (Å²) in [6.07, 6.45) is 0.894. The zero-order valence-corrected chi connectivity index (χ0v) is 11.8.